The van der Waals surface area contributed by atoms with E-state index in [1.807, 2.05) is 0 Å². The van der Waals surface area contributed by atoms with Crippen LogP contribution >= 0.6 is 0 Å². The van der Waals surface area contributed by atoms with Gasteiger partial charge >= 0.3 is 0 Å². The number of hydrogen-bond donors (Lipinski definition) is 0. The smallest absolute Gasteiger partial charge is 0.192 e. The van der Waals surface area contributed by atoms with E-state index in [1.165, 1.54) is 12.1 Å². The van der Waals surface area contributed by atoms with Crippen LogP contribution in [-0.2, 0) is 62.0 Å². The van der Waals surface area contributed by atoms with Gasteiger partial charge in [-0.15, -0.1) is 0 Å². The summed E-state index contributed by atoms with van der Waals surface area (Å²) >= 11 is 0. The average Bonchev–Trinajstić information content (AvgIpc) is 3.52. The Morgan fingerprint density at radius 1 is 0.970 bits per heavy atom. The highest BCUT2D eigenvalue weighted by atomic mass is 32.2. The number of sulfone groups is 1. The molecule has 0 spiro atoms. The van der Waals surface area contributed by atoms with Crippen molar-refractivity contribution in [3.63, 3.8) is 0 Å². The minimum Gasteiger partial charge on any atom is -0.344 e. The second-order valence-corrected chi connectivity index (χ2v) is 11.1. The zero-order valence-electron chi connectivity index (χ0n) is 18.5. The molecule has 33 heavy (non-hydrogen) atoms. The maximum absolute atomic E-state index is 14.9. The first kappa shape index (κ1) is 22.6. The van der Waals surface area contributed by atoms with Crippen molar-refractivity contribution in [3.05, 3.63) is 63.2 Å². The summed E-state index contributed by atoms with van der Waals surface area (Å²) in [6.07, 6.45) is 4.28. The van der Waals surface area contributed by atoms with Crippen LogP contribution in [0, 0.1) is 11.6 Å². The van der Waals surface area contributed by atoms with Gasteiger partial charge in [0, 0.05) is 12.0 Å². The van der Waals surface area contributed by atoms with E-state index < -0.39 is 37.9 Å². The monoisotopic (exact) mass is 476 g/mol. The van der Waals surface area contributed by atoms with E-state index in [0.717, 1.165) is 35.6 Å². The van der Waals surface area contributed by atoms with Crippen LogP contribution in [0.4, 0.5) is 8.78 Å². The number of carbonyl (C=O) groups is 1. The second kappa shape index (κ2) is 8.25. The van der Waals surface area contributed by atoms with E-state index in [4.69, 9.17) is 9.47 Å². The molecule has 2 aromatic carbocycles. The van der Waals surface area contributed by atoms with Crippen LogP contribution < -0.4 is 0 Å². The fourth-order valence-electron chi connectivity index (χ4n) is 5.46. The second-order valence-electron chi connectivity index (χ2n) is 9.18. The first-order chi connectivity index (χ1) is 15.7. The van der Waals surface area contributed by atoms with Crippen LogP contribution in [0.5, 0.6) is 0 Å². The van der Waals surface area contributed by atoms with Crippen LogP contribution in [0.15, 0.2) is 23.1 Å². The van der Waals surface area contributed by atoms with Crippen molar-refractivity contribution in [2.75, 3.05) is 19.0 Å². The van der Waals surface area contributed by atoms with Crippen molar-refractivity contribution in [1.82, 2.24) is 0 Å². The molecule has 176 valence electrons. The van der Waals surface area contributed by atoms with Gasteiger partial charge in [0.05, 0.1) is 13.2 Å². The van der Waals surface area contributed by atoms with Crippen LogP contribution in [-0.4, -0.2) is 33.2 Å². The number of ether oxygens (including phenoxy) is 2. The first-order valence-electron chi connectivity index (χ1n) is 11.4. The molecule has 3 aliphatic rings. The van der Waals surface area contributed by atoms with Gasteiger partial charge in [-0.05, 0) is 85.4 Å². The first-order valence-corrected chi connectivity index (χ1v) is 13.0. The molecule has 2 aromatic rings. The topological polar surface area (TPSA) is 69.7 Å². The highest BCUT2D eigenvalue weighted by Crippen LogP contribution is 2.38. The summed E-state index contributed by atoms with van der Waals surface area (Å²) in [7, 11) is -4.24. The van der Waals surface area contributed by atoms with Gasteiger partial charge in [-0.3, -0.25) is 4.79 Å². The standard InChI is InChI=1S/C25H26F2O5S/c1-25(31-10-11-32-25)15-8-9-22(26)23(12-15)33(29,30)14-16(28)13-21-17-4-2-6-19(17)24(27)20-7-3-5-18(20)21/h8-9,12H,2-7,10-11,13-14H2,1H3. The van der Waals surface area contributed by atoms with E-state index in [-0.39, 0.29) is 12.2 Å². The van der Waals surface area contributed by atoms with Gasteiger partial charge in [-0.25, -0.2) is 17.2 Å². The number of hydrogen-bond acceptors (Lipinski definition) is 5. The predicted octanol–water partition coefficient (Wildman–Crippen LogP) is 3.75. The fourth-order valence-corrected chi connectivity index (χ4v) is 6.81. The van der Waals surface area contributed by atoms with Crippen LogP contribution in [0.3, 0.4) is 0 Å². The molecule has 1 heterocycles. The van der Waals surface area contributed by atoms with Gasteiger partial charge in [0.15, 0.2) is 21.4 Å². The molecule has 0 N–H and O–H groups in total. The SMILES string of the molecule is CC1(c2ccc(F)c(S(=O)(=O)CC(=O)Cc3c4c(c(F)c5c3CCC5)CCC4)c2)OCCO1. The number of rotatable bonds is 6. The minimum atomic E-state index is -4.24. The summed E-state index contributed by atoms with van der Waals surface area (Å²) in [4.78, 5) is 12.4. The quantitative estimate of drug-likeness (QED) is 0.635. The van der Waals surface area contributed by atoms with Crippen molar-refractivity contribution in [3.8, 4) is 0 Å². The van der Waals surface area contributed by atoms with Crippen molar-refractivity contribution in [2.45, 2.75) is 62.6 Å². The number of fused-ring (bicyclic) bond motifs is 2. The fraction of sp³-hybridized carbons (Fsp3) is 0.480. The molecule has 2 aliphatic carbocycles. The molecule has 0 unspecified atom stereocenters. The predicted molar refractivity (Wildman–Crippen MR) is 117 cm³/mol. The summed E-state index contributed by atoms with van der Waals surface area (Å²) in [5.41, 5.74) is 4.29. The Kier molecular flexibility index (Phi) is 5.66. The summed E-state index contributed by atoms with van der Waals surface area (Å²) in [5.74, 6) is -3.54. The van der Waals surface area contributed by atoms with E-state index in [9.17, 15) is 22.0 Å². The summed E-state index contributed by atoms with van der Waals surface area (Å²) in [6, 6.07) is 3.67. The number of Topliss-reactive ketones (excluding diaryl/α,β-unsaturated/α-hetero) is 1. The third-order valence-corrected chi connectivity index (χ3v) is 8.73. The van der Waals surface area contributed by atoms with E-state index in [1.54, 1.807) is 6.92 Å². The lowest BCUT2D eigenvalue weighted by molar-refractivity contribution is -0.149. The van der Waals surface area contributed by atoms with Crippen molar-refractivity contribution >= 4 is 15.6 Å². The third kappa shape index (κ3) is 3.92. The van der Waals surface area contributed by atoms with Crippen molar-refractivity contribution in [2.24, 2.45) is 0 Å². The number of benzene rings is 2. The van der Waals surface area contributed by atoms with Crippen molar-refractivity contribution < 1.29 is 31.5 Å². The molecule has 5 nitrogen and oxygen atoms in total. The van der Waals surface area contributed by atoms with Gasteiger partial charge < -0.3 is 9.47 Å². The van der Waals surface area contributed by atoms with Gasteiger partial charge in [0.1, 0.15) is 22.3 Å². The molecule has 0 bridgehead atoms. The van der Waals surface area contributed by atoms with Gasteiger partial charge in [-0.2, -0.15) is 0 Å². The molecule has 0 radical (unpaired) electrons. The molecular weight excluding hydrogens is 450 g/mol. The Morgan fingerprint density at radius 2 is 1.55 bits per heavy atom. The lowest BCUT2D eigenvalue weighted by atomic mass is 9.90. The molecule has 5 rings (SSSR count). The Morgan fingerprint density at radius 3 is 2.15 bits per heavy atom. The lowest BCUT2D eigenvalue weighted by Gasteiger charge is -2.23. The van der Waals surface area contributed by atoms with E-state index in [0.29, 0.717) is 55.6 Å². The molecule has 1 aliphatic heterocycles. The zero-order chi connectivity index (χ0) is 23.4. The minimum absolute atomic E-state index is 0.0740. The molecule has 0 saturated carbocycles. The summed E-state index contributed by atoms with van der Waals surface area (Å²) in [5, 5.41) is 0. The largest absolute Gasteiger partial charge is 0.344 e. The maximum Gasteiger partial charge on any atom is 0.192 e. The van der Waals surface area contributed by atoms with Crippen LogP contribution in [0.2, 0.25) is 0 Å². The van der Waals surface area contributed by atoms with Crippen LogP contribution in [0.25, 0.3) is 0 Å². The number of carbonyl (C=O) groups excluding carboxylic acids is 1. The van der Waals surface area contributed by atoms with Gasteiger partial charge in [0.2, 0.25) is 0 Å². The molecular formula is C25H26F2O5S. The molecule has 0 amide bonds. The van der Waals surface area contributed by atoms with E-state index >= 15 is 0 Å². The Balaban J connectivity index is 1.43. The molecule has 0 aromatic heterocycles. The molecule has 0 atom stereocenters. The molecule has 1 fully saturated rings. The zero-order valence-corrected chi connectivity index (χ0v) is 19.3. The van der Waals surface area contributed by atoms with Crippen molar-refractivity contribution in [1.29, 1.82) is 0 Å². The maximum atomic E-state index is 14.9. The normalized spacial score (nSPS) is 19.0. The average molecular weight is 477 g/mol. The number of ketones is 1. The third-order valence-electron chi connectivity index (χ3n) is 7.05. The van der Waals surface area contributed by atoms with E-state index in [2.05, 4.69) is 0 Å². The highest BCUT2D eigenvalue weighted by molar-refractivity contribution is 7.92. The van der Waals surface area contributed by atoms with Gasteiger partial charge in [0.25, 0.3) is 0 Å². The number of halogens is 2. The Labute approximate surface area is 192 Å². The summed E-state index contributed by atoms with van der Waals surface area (Å²) < 4.78 is 66.6. The van der Waals surface area contributed by atoms with Crippen LogP contribution in [0.1, 0.15) is 53.1 Å². The highest BCUT2D eigenvalue weighted by Gasteiger charge is 2.36. The molecule has 8 heteroatoms. The molecule has 1 saturated heterocycles. The lowest BCUT2D eigenvalue weighted by Crippen LogP contribution is -2.24. The summed E-state index contributed by atoms with van der Waals surface area (Å²) in [6.45, 7) is 2.34. The Hall–Kier alpha value is -2.16. The Bertz CT molecular complexity index is 1210. The van der Waals surface area contributed by atoms with Gasteiger partial charge in [-0.1, -0.05) is 6.07 Å².